The van der Waals surface area contributed by atoms with Gasteiger partial charge in [-0.1, -0.05) is 0 Å². The molecule has 4 rings (SSSR count). The maximum atomic E-state index is 11.7. The molecule has 0 spiro atoms. The van der Waals surface area contributed by atoms with Crippen LogP contribution in [0.1, 0.15) is 0 Å². The van der Waals surface area contributed by atoms with E-state index in [9.17, 15) is 40.5 Å². The lowest BCUT2D eigenvalue weighted by atomic mass is 10.2. The molecule has 0 aromatic carbocycles. The standard InChI is InChI=1S/C10H4N14O8.CH3NO2.2CH4O/c11-5-9(23(29)30)15-13-7-3(21(25)26)1(17-19(5)7)2-4(22(27)28)8-14-16-10(24(31)32)6(12)20(8)18-2;1-2(3)4;2*1-2/h11-12H2;1H3;2*2H,1H3. The Morgan fingerprint density at radius 2 is 0.875 bits per heavy atom. The zero-order valence-corrected chi connectivity index (χ0v) is 19.9. The summed E-state index contributed by atoms with van der Waals surface area (Å²) in [5.74, 6) is -3.51. The van der Waals surface area contributed by atoms with E-state index in [1.807, 2.05) is 0 Å². The van der Waals surface area contributed by atoms with Crippen LogP contribution in [0, 0.1) is 50.6 Å². The van der Waals surface area contributed by atoms with Crippen LogP contribution in [-0.2, 0) is 0 Å². The van der Waals surface area contributed by atoms with Gasteiger partial charge in [-0.15, -0.1) is 0 Å². The average Bonchev–Trinajstić information content (AvgIpc) is 3.46. The first-order valence-corrected chi connectivity index (χ1v) is 9.43. The Bertz CT molecular complexity index is 1510. The van der Waals surface area contributed by atoms with E-state index in [-0.39, 0.29) is 0 Å². The number of nitrogens with zero attached hydrogens (tertiary/aromatic N) is 13. The van der Waals surface area contributed by atoms with Crippen molar-refractivity contribution in [1.82, 2.24) is 39.6 Å². The molecule has 0 saturated carbocycles. The highest BCUT2D eigenvalue weighted by Gasteiger charge is 2.40. The number of fused-ring (bicyclic) bond motifs is 2. The van der Waals surface area contributed by atoms with Gasteiger partial charge in [-0.05, 0) is 20.0 Å². The number of aromatic nitrogens is 8. The van der Waals surface area contributed by atoms with Gasteiger partial charge in [0.2, 0.25) is 23.0 Å². The van der Waals surface area contributed by atoms with Crippen LogP contribution >= 0.6 is 0 Å². The lowest BCUT2D eigenvalue weighted by Gasteiger charge is -1.96. The number of aliphatic hydroxyl groups is 2. The molecular weight excluding hydrogens is 558 g/mol. The van der Waals surface area contributed by atoms with Crippen LogP contribution in [0.2, 0.25) is 0 Å². The molecule has 214 valence electrons. The molecule has 0 amide bonds. The third-order valence-electron chi connectivity index (χ3n) is 4.00. The lowest BCUT2D eigenvalue weighted by molar-refractivity contribution is -0.445. The molecule has 40 heavy (non-hydrogen) atoms. The Morgan fingerprint density at radius 3 is 1.10 bits per heavy atom. The third-order valence-corrected chi connectivity index (χ3v) is 4.00. The Balaban J connectivity index is 0.000000902. The van der Waals surface area contributed by atoms with Gasteiger partial charge in [-0.2, -0.15) is 19.2 Å². The molecule has 4 heterocycles. The Labute approximate surface area is 216 Å². The lowest BCUT2D eigenvalue weighted by Crippen LogP contribution is -2.08. The van der Waals surface area contributed by atoms with Crippen LogP contribution in [-0.4, -0.2) is 95.7 Å². The first kappa shape index (κ1) is 31.6. The smallest absolute Gasteiger partial charge is 0.400 e. The van der Waals surface area contributed by atoms with Gasteiger partial charge in [-0.3, -0.25) is 30.3 Å². The number of rotatable bonds is 5. The molecule has 0 saturated heterocycles. The summed E-state index contributed by atoms with van der Waals surface area (Å²) in [6, 6.07) is 0. The van der Waals surface area contributed by atoms with Crippen molar-refractivity contribution < 1.29 is 34.8 Å². The van der Waals surface area contributed by atoms with E-state index in [2.05, 4.69) is 30.6 Å². The molecule has 0 radical (unpaired) electrons. The summed E-state index contributed by atoms with van der Waals surface area (Å²) in [7, 11) is 2.89. The van der Waals surface area contributed by atoms with Crippen molar-refractivity contribution in [2.75, 3.05) is 32.7 Å². The van der Waals surface area contributed by atoms with Crippen molar-refractivity contribution in [3.8, 4) is 11.4 Å². The fourth-order valence-electron chi connectivity index (χ4n) is 2.71. The highest BCUT2D eigenvalue weighted by atomic mass is 16.6. The zero-order chi connectivity index (χ0) is 31.1. The third kappa shape index (κ3) is 5.78. The second-order valence-electron chi connectivity index (χ2n) is 6.15. The summed E-state index contributed by atoms with van der Waals surface area (Å²) < 4.78 is 0.952. The largest absolute Gasteiger partial charge is 0.433 e. The number of anilines is 2. The maximum absolute atomic E-state index is 11.7. The number of nitrogens with two attached hydrogens (primary N) is 2. The van der Waals surface area contributed by atoms with Gasteiger partial charge in [0.15, 0.2) is 7.05 Å². The van der Waals surface area contributed by atoms with Gasteiger partial charge < -0.3 is 41.9 Å². The van der Waals surface area contributed by atoms with Gasteiger partial charge in [-0.25, -0.2) is 0 Å². The van der Waals surface area contributed by atoms with E-state index in [1.54, 1.807) is 0 Å². The molecule has 6 N–H and O–H groups in total. The fourth-order valence-corrected chi connectivity index (χ4v) is 2.71. The average molecular weight is 573 g/mol. The van der Waals surface area contributed by atoms with Crippen LogP contribution in [0.15, 0.2) is 0 Å². The van der Waals surface area contributed by atoms with Gasteiger partial charge in [0.05, 0.1) is 20.0 Å². The van der Waals surface area contributed by atoms with Crippen molar-refractivity contribution in [1.29, 1.82) is 0 Å². The minimum absolute atomic E-state index is 0.476. The first-order valence-electron chi connectivity index (χ1n) is 9.43. The highest BCUT2D eigenvalue weighted by Crippen LogP contribution is 2.40. The van der Waals surface area contributed by atoms with Crippen molar-refractivity contribution in [3.05, 3.63) is 50.6 Å². The van der Waals surface area contributed by atoms with E-state index in [0.717, 1.165) is 21.3 Å². The SMILES string of the molecule is CO.CO.C[N+](=O)[O-].Nc1c([N+](=O)[O-])nnc2c([N+](=O)[O-])c(-c3nn4c(N)c([N+](=O)[O-])nnc4c3[N+](=O)[O-])nn12. The van der Waals surface area contributed by atoms with Gasteiger partial charge >= 0.3 is 23.0 Å². The van der Waals surface area contributed by atoms with Crippen LogP contribution in [0.25, 0.3) is 22.7 Å². The second-order valence-corrected chi connectivity index (χ2v) is 6.15. The number of hydrogen-bond donors (Lipinski definition) is 4. The first-order chi connectivity index (χ1) is 18.8. The Morgan fingerprint density at radius 1 is 0.600 bits per heavy atom. The molecule has 0 aliphatic rings. The summed E-state index contributed by atoms with van der Waals surface area (Å²) in [5, 5.41) is 88.7. The molecule has 0 atom stereocenters. The second kappa shape index (κ2) is 12.7. The van der Waals surface area contributed by atoms with E-state index < -0.39 is 81.9 Å². The van der Waals surface area contributed by atoms with E-state index >= 15 is 0 Å². The van der Waals surface area contributed by atoms with E-state index in [1.165, 1.54) is 0 Å². The minimum atomic E-state index is -1.05. The normalized spacial score (nSPS) is 9.82. The van der Waals surface area contributed by atoms with Crippen LogP contribution in [0.5, 0.6) is 0 Å². The molecule has 27 nitrogen and oxygen atoms in total. The van der Waals surface area contributed by atoms with Crippen LogP contribution in [0.4, 0.5) is 34.6 Å². The highest BCUT2D eigenvalue weighted by molar-refractivity contribution is 5.87. The van der Waals surface area contributed by atoms with Gasteiger partial charge in [0, 0.05) is 19.1 Å². The number of aliphatic hydroxyl groups excluding tert-OH is 2. The van der Waals surface area contributed by atoms with Crippen LogP contribution in [0.3, 0.4) is 0 Å². The summed E-state index contributed by atoms with van der Waals surface area (Å²) >= 11 is 0. The summed E-state index contributed by atoms with van der Waals surface area (Å²) in [6.45, 7) is 0. The van der Waals surface area contributed by atoms with Crippen molar-refractivity contribution in [2.45, 2.75) is 0 Å². The predicted octanol–water partition coefficient (Wildman–Crippen LogP) is -1.86. The fraction of sp³-hybridized carbons (Fsp3) is 0.231. The molecule has 0 bridgehead atoms. The topological polar surface area (TPSA) is 394 Å². The monoisotopic (exact) mass is 573 g/mol. The molecule has 0 aliphatic heterocycles. The molecule has 4 aromatic heterocycles. The number of hydrogen-bond acceptors (Lipinski definition) is 20. The van der Waals surface area contributed by atoms with Gasteiger partial charge in [0.1, 0.15) is 0 Å². The summed E-state index contributed by atoms with van der Waals surface area (Å²) in [5.41, 5.74) is 6.19. The quantitative estimate of drug-likeness (QED) is 0.150. The molecule has 0 unspecified atom stereocenters. The Hall–Kier alpha value is -6.38. The van der Waals surface area contributed by atoms with E-state index in [4.69, 9.17) is 31.8 Å². The van der Waals surface area contributed by atoms with Gasteiger partial charge in [0.25, 0.3) is 11.3 Å². The molecule has 0 aliphatic carbocycles. The molecular formula is C13H15N15O12. The van der Waals surface area contributed by atoms with Crippen molar-refractivity contribution >= 4 is 45.9 Å². The number of nitro groups is 5. The van der Waals surface area contributed by atoms with Crippen molar-refractivity contribution in [3.63, 3.8) is 0 Å². The zero-order valence-electron chi connectivity index (χ0n) is 19.9. The predicted molar refractivity (Wildman–Crippen MR) is 125 cm³/mol. The summed E-state index contributed by atoms with van der Waals surface area (Å²) in [6.07, 6.45) is 0. The minimum Gasteiger partial charge on any atom is -0.400 e. The maximum Gasteiger partial charge on any atom is 0.433 e. The molecule has 0 fully saturated rings. The molecule has 4 aromatic rings. The summed E-state index contributed by atoms with van der Waals surface area (Å²) in [4.78, 5) is 49.5. The number of nitrogen functional groups attached to an aromatic ring is 2. The van der Waals surface area contributed by atoms with E-state index in [0.29, 0.717) is 9.03 Å². The Kier molecular flexibility index (Phi) is 10.1. The molecule has 27 heteroatoms. The van der Waals surface area contributed by atoms with Crippen molar-refractivity contribution in [2.24, 2.45) is 0 Å². The van der Waals surface area contributed by atoms with Crippen LogP contribution < -0.4 is 11.5 Å².